The zero-order valence-electron chi connectivity index (χ0n) is 16.1. The summed E-state index contributed by atoms with van der Waals surface area (Å²) in [6.45, 7) is 4.40. The molecule has 0 atom stereocenters. The van der Waals surface area contributed by atoms with E-state index in [1.165, 1.54) is 10.9 Å². The van der Waals surface area contributed by atoms with Crippen LogP contribution in [0, 0.1) is 0 Å². The lowest BCUT2D eigenvalue weighted by molar-refractivity contribution is 0.542. The zero-order chi connectivity index (χ0) is 19.3. The van der Waals surface area contributed by atoms with E-state index in [9.17, 15) is 4.79 Å². The van der Waals surface area contributed by atoms with Crippen molar-refractivity contribution >= 4 is 16.7 Å². The standard InChI is InChI=1S/C21H26N6O/c1-2-19-20(23-9-8-16-14-24-18-7-4-3-6-17(16)18)25-21(28)27(19)12-5-11-26-13-10-22-15-26/h3-4,6-7,10,13-15,23-24H,2,5,8-9,11-12H2,1H3,(H,25,28). The van der Waals surface area contributed by atoms with Crippen molar-refractivity contribution in [2.24, 2.45) is 0 Å². The monoisotopic (exact) mass is 378 g/mol. The molecule has 0 aliphatic carbocycles. The molecule has 0 spiro atoms. The molecule has 0 saturated heterocycles. The van der Waals surface area contributed by atoms with E-state index in [0.29, 0.717) is 6.54 Å². The van der Waals surface area contributed by atoms with Gasteiger partial charge in [0, 0.05) is 49.1 Å². The van der Waals surface area contributed by atoms with Gasteiger partial charge >= 0.3 is 5.69 Å². The Hall–Kier alpha value is -3.22. The first-order chi connectivity index (χ1) is 13.8. The average molecular weight is 378 g/mol. The van der Waals surface area contributed by atoms with Gasteiger partial charge in [-0.15, -0.1) is 0 Å². The number of hydrogen-bond acceptors (Lipinski definition) is 3. The van der Waals surface area contributed by atoms with Crippen LogP contribution in [0.3, 0.4) is 0 Å². The SMILES string of the molecule is CCc1c(NCCc2c[nH]c3ccccc23)[nH]c(=O)n1CCCn1ccnc1. The fraction of sp³-hybridized carbons (Fsp3) is 0.333. The average Bonchev–Trinajstić information content (AvgIpc) is 3.42. The summed E-state index contributed by atoms with van der Waals surface area (Å²) in [6.07, 6.45) is 10.2. The summed E-state index contributed by atoms with van der Waals surface area (Å²) in [5.74, 6) is 0.843. The number of para-hydroxylation sites is 1. The summed E-state index contributed by atoms with van der Waals surface area (Å²) >= 11 is 0. The number of aryl methyl sites for hydroxylation is 1. The Kier molecular flexibility index (Phi) is 5.32. The van der Waals surface area contributed by atoms with Crippen molar-refractivity contribution in [2.45, 2.75) is 39.3 Å². The van der Waals surface area contributed by atoms with Gasteiger partial charge in [0.05, 0.1) is 12.0 Å². The van der Waals surface area contributed by atoms with Gasteiger partial charge in [0.1, 0.15) is 5.82 Å². The molecule has 3 N–H and O–H groups in total. The van der Waals surface area contributed by atoms with Crippen LogP contribution in [0.2, 0.25) is 0 Å². The molecule has 7 heteroatoms. The van der Waals surface area contributed by atoms with E-state index in [0.717, 1.165) is 49.4 Å². The van der Waals surface area contributed by atoms with E-state index in [1.807, 2.05) is 21.4 Å². The van der Waals surface area contributed by atoms with Gasteiger partial charge in [0.25, 0.3) is 0 Å². The van der Waals surface area contributed by atoms with Gasteiger partial charge in [-0.25, -0.2) is 9.78 Å². The van der Waals surface area contributed by atoms with Crippen molar-refractivity contribution < 1.29 is 0 Å². The third-order valence-electron chi connectivity index (χ3n) is 5.15. The number of H-pyrrole nitrogens is 2. The van der Waals surface area contributed by atoms with Crippen molar-refractivity contribution in [1.82, 2.24) is 24.1 Å². The highest BCUT2D eigenvalue weighted by Crippen LogP contribution is 2.18. The number of aromatic amines is 2. The Morgan fingerprint density at radius 2 is 2.11 bits per heavy atom. The maximum Gasteiger partial charge on any atom is 0.327 e. The second-order valence-electron chi connectivity index (χ2n) is 6.95. The molecule has 0 aliphatic rings. The van der Waals surface area contributed by atoms with Crippen LogP contribution >= 0.6 is 0 Å². The smallest absolute Gasteiger partial charge is 0.327 e. The van der Waals surface area contributed by atoms with Gasteiger partial charge in [-0.2, -0.15) is 0 Å². The molecule has 28 heavy (non-hydrogen) atoms. The number of nitrogens with zero attached hydrogens (tertiary/aromatic N) is 3. The summed E-state index contributed by atoms with van der Waals surface area (Å²) in [5.41, 5.74) is 3.43. The van der Waals surface area contributed by atoms with Crippen molar-refractivity contribution in [3.8, 4) is 0 Å². The summed E-state index contributed by atoms with van der Waals surface area (Å²) in [5, 5.41) is 4.68. The number of imidazole rings is 2. The molecule has 0 unspecified atom stereocenters. The molecule has 0 bridgehead atoms. The normalized spacial score (nSPS) is 11.3. The van der Waals surface area contributed by atoms with E-state index in [-0.39, 0.29) is 5.69 Å². The van der Waals surface area contributed by atoms with Crippen molar-refractivity contribution in [1.29, 1.82) is 0 Å². The first-order valence-corrected chi connectivity index (χ1v) is 9.82. The van der Waals surface area contributed by atoms with Crippen LogP contribution in [0.25, 0.3) is 10.9 Å². The first-order valence-electron chi connectivity index (χ1n) is 9.82. The second kappa shape index (κ2) is 8.21. The van der Waals surface area contributed by atoms with Gasteiger partial charge in [-0.05, 0) is 30.9 Å². The highest BCUT2D eigenvalue weighted by atomic mass is 16.1. The van der Waals surface area contributed by atoms with Gasteiger partial charge in [-0.3, -0.25) is 9.55 Å². The number of rotatable bonds is 9. The van der Waals surface area contributed by atoms with E-state index in [1.54, 1.807) is 12.5 Å². The Balaban J connectivity index is 1.39. The molecule has 7 nitrogen and oxygen atoms in total. The van der Waals surface area contributed by atoms with Crippen LogP contribution in [0.4, 0.5) is 5.82 Å². The number of hydrogen-bond donors (Lipinski definition) is 3. The number of benzene rings is 1. The number of nitrogens with one attached hydrogen (secondary N) is 3. The Morgan fingerprint density at radius 1 is 1.21 bits per heavy atom. The van der Waals surface area contributed by atoms with Crippen LogP contribution < -0.4 is 11.0 Å². The minimum absolute atomic E-state index is 0.0444. The lowest BCUT2D eigenvalue weighted by Gasteiger charge is -2.09. The van der Waals surface area contributed by atoms with E-state index < -0.39 is 0 Å². The van der Waals surface area contributed by atoms with E-state index >= 15 is 0 Å². The van der Waals surface area contributed by atoms with Crippen LogP contribution in [-0.2, 0) is 25.9 Å². The summed E-state index contributed by atoms with van der Waals surface area (Å²) in [7, 11) is 0. The number of fused-ring (bicyclic) bond motifs is 1. The zero-order valence-corrected chi connectivity index (χ0v) is 16.1. The van der Waals surface area contributed by atoms with Crippen molar-refractivity contribution in [3.05, 3.63) is 70.9 Å². The van der Waals surface area contributed by atoms with Gasteiger partial charge in [0.2, 0.25) is 0 Å². The van der Waals surface area contributed by atoms with Gasteiger partial charge < -0.3 is 14.9 Å². The lowest BCUT2D eigenvalue weighted by Crippen LogP contribution is -2.19. The predicted molar refractivity (Wildman–Crippen MR) is 112 cm³/mol. The van der Waals surface area contributed by atoms with Gasteiger partial charge in [0.15, 0.2) is 0 Å². The fourth-order valence-corrected chi connectivity index (χ4v) is 3.75. The summed E-state index contributed by atoms with van der Waals surface area (Å²) < 4.78 is 3.88. The van der Waals surface area contributed by atoms with Crippen LogP contribution in [0.5, 0.6) is 0 Å². The third-order valence-corrected chi connectivity index (χ3v) is 5.15. The van der Waals surface area contributed by atoms with Crippen LogP contribution in [-0.4, -0.2) is 30.6 Å². The van der Waals surface area contributed by atoms with Crippen LogP contribution in [0.15, 0.2) is 54.0 Å². The molecular formula is C21H26N6O. The maximum absolute atomic E-state index is 12.4. The molecule has 0 aliphatic heterocycles. The number of anilines is 1. The lowest BCUT2D eigenvalue weighted by atomic mass is 10.1. The Morgan fingerprint density at radius 3 is 2.93 bits per heavy atom. The molecule has 146 valence electrons. The third kappa shape index (κ3) is 3.74. The molecule has 4 rings (SSSR count). The molecule has 3 aromatic heterocycles. The molecule has 0 fully saturated rings. The van der Waals surface area contributed by atoms with Crippen molar-refractivity contribution in [3.63, 3.8) is 0 Å². The first kappa shape index (κ1) is 18.2. The highest BCUT2D eigenvalue weighted by molar-refractivity contribution is 5.83. The largest absolute Gasteiger partial charge is 0.370 e. The van der Waals surface area contributed by atoms with E-state index in [4.69, 9.17) is 0 Å². The molecule has 3 heterocycles. The molecule has 1 aromatic carbocycles. The molecule has 0 amide bonds. The molecule has 4 aromatic rings. The topological polar surface area (TPSA) is 83.4 Å². The second-order valence-corrected chi connectivity index (χ2v) is 6.95. The van der Waals surface area contributed by atoms with Gasteiger partial charge in [-0.1, -0.05) is 25.1 Å². The molecular weight excluding hydrogens is 352 g/mol. The fourth-order valence-electron chi connectivity index (χ4n) is 3.75. The Labute approximate surface area is 163 Å². The minimum Gasteiger partial charge on any atom is -0.370 e. The number of aromatic nitrogens is 5. The maximum atomic E-state index is 12.4. The summed E-state index contributed by atoms with van der Waals surface area (Å²) in [6, 6.07) is 8.32. The summed E-state index contributed by atoms with van der Waals surface area (Å²) in [4.78, 5) is 22.8. The predicted octanol–water partition coefficient (Wildman–Crippen LogP) is 3.16. The van der Waals surface area contributed by atoms with E-state index in [2.05, 4.69) is 51.6 Å². The quantitative estimate of drug-likeness (QED) is 0.418. The van der Waals surface area contributed by atoms with Crippen molar-refractivity contribution in [2.75, 3.05) is 11.9 Å². The van der Waals surface area contributed by atoms with Crippen LogP contribution in [0.1, 0.15) is 24.6 Å². The molecule has 0 radical (unpaired) electrons. The molecule has 0 saturated carbocycles. The Bertz CT molecular complexity index is 1090. The minimum atomic E-state index is -0.0444. The highest BCUT2D eigenvalue weighted by Gasteiger charge is 2.12.